The van der Waals surface area contributed by atoms with Gasteiger partial charge in [0.15, 0.2) is 5.13 Å². The van der Waals surface area contributed by atoms with Crippen LogP contribution in [0.4, 0.5) is 5.13 Å². The molecule has 144 valence electrons. The van der Waals surface area contributed by atoms with Crippen molar-refractivity contribution >= 4 is 34.2 Å². The average Bonchev–Trinajstić information content (AvgIpc) is 3.27. The van der Waals surface area contributed by atoms with Crippen molar-refractivity contribution in [2.24, 2.45) is 11.8 Å². The number of carbonyl (C=O) groups is 3. The molecule has 4 rings (SSSR count). The van der Waals surface area contributed by atoms with Gasteiger partial charge in [-0.05, 0) is 37.1 Å². The highest BCUT2D eigenvalue weighted by atomic mass is 32.1. The van der Waals surface area contributed by atoms with Gasteiger partial charge in [-0.3, -0.25) is 19.3 Å². The molecule has 28 heavy (non-hydrogen) atoms. The van der Waals surface area contributed by atoms with Crippen LogP contribution in [0.5, 0.6) is 5.75 Å². The Kier molecular flexibility index (Phi) is 4.95. The Morgan fingerprint density at radius 3 is 2.43 bits per heavy atom. The van der Waals surface area contributed by atoms with Crippen molar-refractivity contribution in [3.63, 3.8) is 0 Å². The van der Waals surface area contributed by atoms with E-state index in [-0.39, 0.29) is 30.2 Å². The highest BCUT2D eigenvalue weighted by Gasteiger charge is 2.47. The summed E-state index contributed by atoms with van der Waals surface area (Å²) in [6.45, 7) is -0.276. The van der Waals surface area contributed by atoms with Crippen LogP contribution in [-0.4, -0.2) is 41.3 Å². The zero-order valence-electron chi connectivity index (χ0n) is 15.3. The number of hydrogen-bond donors (Lipinski definition) is 1. The molecule has 0 radical (unpaired) electrons. The number of fused-ring (bicyclic) bond motifs is 1. The number of anilines is 1. The summed E-state index contributed by atoms with van der Waals surface area (Å²) in [5.41, 5.74) is 1.63. The molecular weight excluding hydrogens is 378 g/mol. The third kappa shape index (κ3) is 3.43. The van der Waals surface area contributed by atoms with Gasteiger partial charge in [-0.2, -0.15) is 0 Å². The van der Waals surface area contributed by atoms with Crippen LogP contribution >= 0.6 is 11.3 Å². The number of amides is 3. The highest BCUT2D eigenvalue weighted by molar-refractivity contribution is 7.14. The van der Waals surface area contributed by atoms with Gasteiger partial charge >= 0.3 is 0 Å². The van der Waals surface area contributed by atoms with Crippen LogP contribution in [0.2, 0.25) is 0 Å². The normalized spacial score (nSPS) is 21.0. The summed E-state index contributed by atoms with van der Waals surface area (Å²) in [6.07, 6.45) is 4.97. The number of aromatic nitrogens is 1. The lowest BCUT2D eigenvalue weighted by Gasteiger charge is -2.14. The van der Waals surface area contributed by atoms with Gasteiger partial charge in [0.2, 0.25) is 17.7 Å². The standard InChI is InChI=1S/C20H19N3O4S/c1-27-13-8-6-12(7-9-13)16-11-28-20(21-16)22-17(24)10-23-18(25)14-4-2-3-5-15(14)19(23)26/h2-3,6-9,11,14-15H,4-5,10H2,1H3,(H,21,22,24)/t14-,15-/m1/s1. The molecule has 0 spiro atoms. The number of hydrogen-bond acceptors (Lipinski definition) is 6. The second kappa shape index (κ2) is 7.55. The predicted octanol–water partition coefficient (Wildman–Crippen LogP) is 2.71. The van der Waals surface area contributed by atoms with Crippen LogP contribution in [0.3, 0.4) is 0 Å². The molecule has 0 unspecified atom stereocenters. The number of likely N-dealkylation sites (tertiary alicyclic amines) is 1. The largest absolute Gasteiger partial charge is 0.497 e. The molecule has 0 bridgehead atoms. The monoisotopic (exact) mass is 397 g/mol. The number of nitrogens with zero attached hydrogens (tertiary/aromatic N) is 2. The number of nitrogens with one attached hydrogen (secondary N) is 1. The molecule has 3 amide bonds. The zero-order valence-corrected chi connectivity index (χ0v) is 16.1. The van der Waals surface area contributed by atoms with E-state index in [1.807, 2.05) is 41.8 Å². The molecule has 1 aliphatic heterocycles. The number of imide groups is 1. The first kappa shape index (κ1) is 18.4. The molecule has 2 atom stereocenters. The van der Waals surface area contributed by atoms with Crippen LogP contribution in [-0.2, 0) is 14.4 Å². The third-order valence-corrected chi connectivity index (χ3v) is 5.79. The zero-order chi connectivity index (χ0) is 19.7. The maximum absolute atomic E-state index is 12.4. The number of ether oxygens (including phenoxy) is 1. The van der Waals surface area contributed by atoms with Crippen LogP contribution in [0.1, 0.15) is 12.8 Å². The van der Waals surface area contributed by atoms with Gasteiger partial charge in [-0.15, -0.1) is 11.3 Å². The van der Waals surface area contributed by atoms with E-state index in [1.54, 1.807) is 7.11 Å². The second-order valence-corrected chi connectivity index (χ2v) is 7.59. The van der Waals surface area contributed by atoms with Crippen molar-refractivity contribution < 1.29 is 19.1 Å². The van der Waals surface area contributed by atoms with Gasteiger partial charge in [0.05, 0.1) is 24.6 Å². The molecule has 1 aromatic heterocycles. The molecule has 0 saturated carbocycles. The van der Waals surface area contributed by atoms with Crippen molar-refractivity contribution in [1.29, 1.82) is 0 Å². The summed E-state index contributed by atoms with van der Waals surface area (Å²) in [6, 6.07) is 7.45. The molecule has 1 aliphatic carbocycles. The quantitative estimate of drug-likeness (QED) is 0.619. The van der Waals surface area contributed by atoms with Crippen molar-refractivity contribution in [3.05, 3.63) is 41.8 Å². The van der Waals surface area contributed by atoms with Crippen molar-refractivity contribution in [1.82, 2.24) is 9.88 Å². The Hall–Kier alpha value is -3.00. The maximum Gasteiger partial charge on any atom is 0.246 e. The minimum Gasteiger partial charge on any atom is -0.497 e. The summed E-state index contributed by atoms with van der Waals surface area (Å²) in [4.78, 5) is 42.8. The maximum atomic E-state index is 12.4. The van der Waals surface area contributed by atoms with E-state index in [0.717, 1.165) is 21.9 Å². The molecule has 2 heterocycles. The first-order chi connectivity index (χ1) is 13.6. The van der Waals surface area contributed by atoms with Gasteiger partial charge in [-0.25, -0.2) is 4.98 Å². The fourth-order valence-corrected chi connectivity index (χ4v) is 4.29. The Morgan fingerprint density at radius 2 is 1.82 bits per heavy atom. The van der Waals surface area contributed by atoms with E-state index in [4.69, 9.17) is 4.74 Å². The SMILES string of the molecule is COc1ccc(-c2csc(NC(=O)CN3C(=O)[C@@H]4CC=CC[C@H]4C3=O)n2)cc1. The fourth-order valence-electron chi connectivity index (χ4n) is 3.55. The van der Waals surface area contributed by atoms with Gasteiger partial charge in [0.25, 0.3) is 0 Å². The van der Waals surface area contributed by atoms with Crippen molar-refractivity contribution in [2.45, 2.75) is 12.8 Å². The first-order valence-electron chi connectivity index (χ1n) is 8.97. The van der Waals surface area contributed by atoms with Gasteiger partial charge in [0, 0.05) is 10.9 Å². The van der Waals surface area contributed by atoms with Crippen molar-refractivity contribution in [3.8, 4) is 17.0 Å². The van der Waals surface area contributed by atoms with E-state index in [2.05, 4.69) is 10.3 Å². The van der Waals surface area contributed by atoms with Crippen LogP contribution in [0.15, 0.2) is 41.8 Å². The number of benzene rings is 1. The van der Waals surface area contributed by atoms with Gasteiger partial charge < -0.3 is 10.1 Å². The predicted molar refractivity (Wildman–Crippen MR) is 105 cm³/mol. The highest BCUT2D eigenvalue weighted by Crippen LogP contribution is 2.35. The van der Waals surface area contributed by atoms with E-state index in [9.17, 15) is 14.4 Å². The summed E-state index contributed by atoms with van der Waals surface area (Å²) in [7, 11) is 1.60. The van der Waals surface area contributed by atoms with Gasteiger partial charge in [-0.1, -0.05) is 12.2 Å². The van der Waals surface area contributed by atoms with Crippen LogP contribution in [0, 0.1) is 11.8 Å². The Morgan fingerprint density at radius 1 is 1.18 bits per heavy atom. The number of allylic oxidation sites excluding steroid dienone is 2. The van der Waals surface area contributed by atoms with Crippen LogP contribution in [0.25, 0.3) is 11.3 Å². The lowest BCUT2D eigenvalue weighted by molar-refractivity contribution is -0.142. The second-order valence-electron chi connectivity index (χ2n) is 6.73. The lowest BCUT2D eigenvalue weighted by atomic mass is 9.85. The summed E-state index contributed by atoms with van der Waals surface area (Å²) < 4.78 is 5.14. The molecular formula is C20H19N3O4S. The minimum atomic E-state index is -0.427. The topological polar surface area (TPSA) is 88.6 Å². The fraction of sp³-hybridized carbons (Fsp3) is 0.300. The molecule has 7 nitrogen and oxygen atoms in total. The summed E-state index contributed by atoms with van der Waals surface area (Å²) in [5, 5.41) is 4.95. The molecule has 1 aromatic carbocycles. The minimum absolute atomic E-state index is 0.257. The summed E-state index contributed by atoms with van der Waals surface area (Å²) in [5.74, 6) is -0.842. The van der Waals surface area contributed by atoms with E-state index in [1.165, 1.54) is 11.3 Å². The molecule has 1 saturated heterocycles. The smallest absolute Gasteiger partial charge is 0.246 e. The Balaban J connectivity index is 1.40. The number of methoxy groups -OCH3 is 1. The first-order valence-corrected chi connectivity index (χ1v) is 9.85. The number of rotatable bonds is 5. The molecule has 2 aliphatic rings. The molecule has 1 fully saturated rings. The van der Waals surface area contributed by atoms with E-state index < -0.39 is 5.91 Å². The summed E-state index contributed by atoms with van der Waals surface area (Å²) >= 11 is 1.29. The van der Waals surface area contributed by atoms with Crippen molar-refractivity contribution in [2.75, 3.05) is 19.0 Å². The lowest BCUT2D eigenvalue weighted by Crippen LogP contribution is -2.38. The van der Waals surface area contributed by atoms with Gasteiger partial charge in [0.1, 0.15) is 12.3 Å². The average molecular weight is 397 g/mol. The Bertz CT molecular complexity index is 925. The number of carbonyl (C=O) groups excluding carboxylic acids is 3. The third-order valence-electron chi connectivity index (χ3n) is 5.04. The molecule has 2 aromatic rings. The molecule has 8 heteroatoms. The Labute approximate surface area is 166 Å². The number of thiazole rings is 1. The molecule has 1 N–H and O–H groups in total. The van der Waals surface area contributed by atoms with E-state index in [0.29, 0.717) is 18.0 Å². The van der Waals surface area contributed by atoms with E-state index >= 15 is 0 Å². The van der Waals surface area contributed by atoms with Crippen LogP contribution < -0.4 is 10.1 Å².